The Morgan fingerprint density at radius 2 is 2.19 bits per heavy atom. The van der Waals surface area contributed by atoms with E-state index in [4.69, 9.17) is 11.6 Å². The van der Waals surface area contributed by atoms with Crippen molar-refractivity contribution in [2.24, 2.45) is 0 Å². The first-order valence-corrected chi connectivity index (χ1v) is 5.82. The number of hydrogen-bond acceptors (Lipinski definition) is 2. The number of halogens is 1. The molecule has 0 unspecified atom stereocenters. The van der Waals surface area contributed by atoms with E-state index in [2.05, 4.69) is 35.2 Å². The zero-order valence-electron chi connectivity index (χ0n) is 9.76. The molecule has 1 aromatic carbocycles. The highest BCUT2D eigenvalue weighted by atomic mass is 35.5. The van der Waals surface area contributed by atoms with Crippen LogP contribution in [0.1, 0.15) is 25.2 Å². The molecule has 0 radical (unpaired) electrons. The van der Waals surface area contributed by atoms with Gasteiger partial charge < -0.3 is 10.3 Å². The lowest BCUT2D eigenvalue weighted by molar-refractivity contribution is 0.576. The summed E-state index contributed by atoms with van der Waals surface area (Å²) >= 11 is 6.14. The number of nitrogens with zero attached hydrogens (tertiary/aromatic N) is 1. The second-order valence-electron chi connectivity index (χ2n) is 4.36. The van der Waals surface area contributed by atoms with Crippen molar-refractivity contribution in [3.63, 3.8) is 0 Å². The molecule has 2 aromatic rings. The Bertz CT molecular complexity index is 502. The van der Waals surface area contributed by atoms with Crippen LogP contribution < -0.4 is 5.32 Å². The smallest absolute Gasteiger partial charge is 0.121 e. The van der Waals surface area contributed by atoms with Gasteiger partial charge in [0.1, 0.15) is 11.3 Å². The summed E-state index contributed by atoms with van der Waals surface area (Å²) in [6, 6.07) is 4.45. The van der Waals surface area contributed by atoms with Crippen LogP contribution in [0, 0.1) is 6.92 Å². The van der Waals surface area contributed by atoms with Crippen molar-refractivity contribution in [3.8, 4) is 0 Å². The lowest BCUT2D eigenvalue weighted by Crippen LogP contribution is -2.22. The number of aryl methyl sites for hydroxylation is 1. The van der Waals surface area contributed by atoms with Crippen LogP contribution >= 0.6 is 11.6 Å². The Morgan fingerprint density at radius 1 is 1.44 bits per heavy atom. The number of hydrogen-bond donors (Lipinski definition) is 2. The summed E-state index contributed by atoms with van der Waals surface area (Å²) in [5.74, 6) is 0.927. The van der Waals surface area contributed by atoms with Gasteiger partial charge >= 0.3 is 0 Å². The van der Waals surface area contributed by atoms with Gasteiger partial charge in [0, 0.05) is 6.04 Å². The van der Waals surface area contributed by atoms with Crippen LogP contribution in [0.25, 0.3) is 11.0 Å². The van der Waals surface area contributed by atoms with Gasteiger partial charge in [0.25, 0.3) is 0 Å². The number of rotatable bonds is 3. The van der Waals surface area contributed by atoms with Crippen LogP contribution in [0.3, 0.4) is 0 Å². The van der Waals surface area contributed by atoms with E-state index < -0.39 is 0 Å². The van der Waals surface area contributed by atoms with Crippen LogP contribution in [-0.2, 0) is 6.54 Å². The molecule has 0 spiro atoms. The maximum atomic E-state index is 6.14. The van der Waals surface area contributed by atoms with Gasteiger partial charge in [-0.3, -0.25) is 0 Å². The SMILES string of the molecule is Cc1cc(Cl)c2nc(CNC(C)C)[nH]c2c1. The maximum absolute atomic E-state index is 6.14. The van der Waals surface area contributed by atoms with Gasteiger partial charge in [0.15, 0.2) is 0 Å². The highest BCUT2D eigenvalue weighted by molar-refractivity contribution is 6.35. The summed E-state index contributed by atoms with van der Waals surface area (Å²) in [5, 5.41) is 4.03. The summed E-state index contributed by atoms with van der Waals surface area (Å²) < 4.78 is 0. The predicted molar refractivity (Wildman–Crippen MR) is 67.8 cm³/mol. The number of benzene rings is 1. The molecule has 0 bridgehead atoms. The Labute approximate surface area is 100 Å². The minimum Gasteiger partial charge on any atom is -0.341 e. The van der Waals surface area contributed by atoms with Crippen LogP contribution in [0.4, 0.5) is 0 Å². The first-order chi connectivity index (χ1) is 7.56. The van der Waals surface area contributed by atoms with Gasteiger partial charge in [-0.1, -0.05) is 25.4 Å². The molecule has 0 amide bonds. The predicted octanol–water partition coefficient (Wildman–Crippen LogP) is 3.02. The monoisotopic (exact) mass is 237 g/mol. The van der Waals surface area contributed by atoms with E-state index in [1.165, 1.54) is 0 Å². The average Bonchev–Trinajstić information content (AvgIpc) is 2.57. The van der Waals surface area contributed by atoms with Crippen molar-refractivity contribution in [3.05, 3.63) is 28.5 Å². The molecule has 2 rings (SSSR count). The number of fused-ring (bicyclic) bond motifs is 1. The van der Waals surface area contributed by atoms with Crippen LogP contribution in [0.15, 0.2) is 12.1 Å². The molecule has 86 valence electrons. The van der Waals surface area contributed by atoms with Crippen molar-refractivity contribution in [2.45, 2.75) is 33.4 Å². The van der Waals surface area contributed by atoms with E-state index >= 15 is 0 Å². The fourth-order valence-corrected chi connectivity index (χ4v) is 1.96. The average molecular weight is 238 g/mol. The molecule has 0 aliphatic rings. The van der Waals surface area contributed by atoms with Gasteiger partial charge in [0.2, 0.25) is 0 Å². The first kappa shape index (κ1) is 11.4. The molecular formula is C12H16ClN3. The quantitative estimate of drug-likeness (QED) is 0.862. The van der Waals surface area contributed by atoms with E-state index in [1.807, 2.05) is 13.0 Å². The summed E-state index contributed by atoms with van der Waals surface area (Å²) in [7, 11) is 0. The van der Waals surface area contributed by atoms with E-state index in [1.54, 1.807) is 0 Å². The molecule has 0 aliphatic heterocycles. The zero-order valence-corrected chi connectivity index (χ0v) is 10.5. The topological polar surface area (TPSA) is 40.7 Å². The molecule has 4 heteroatoms. The second kappa shape index (κ2) is 4.44. The van der Waals surface area contributed by atoms with Crippen LogP contribution in [0.5, 0.6) is 0 Å². The van der Waals surface area contributed by atoms with Crippen LogP contribution in [-0.4, -0.2) is 16.0 Å². The third-order valence-electron chi connectivity index (χ3n) is 2.41. The van der Waals surface area contributed by atoms with E-state index in [-0.39, 0.29) is 0 Å². The van der Waals surface area contributed by atoms with Crippen molar-refractivity contribution in [1.82, 2.24) is 15.3 Å². The summed E-state index contributed by atoms with van der Waals surface area (Å²) in [6.07, 6.45) is 0. The molecule has 1 aromatic heterocycles. The molecule has 0 aliphatic carbocycles. The van der Waals surface area contributed by atoms with Gasteiger partial charge in [0.05, 0.1) is 17.1 Å². The van der Waals surface area contributed by atoms with Crippen molar-refractivity contribution < 1.29 is 0 Å². The van der Waals surface area contributed by atoms with E-state index in [0.29, 0.717) is 11.1 Å². The molecule has 0 saturated carbocycles. The fourth-order valence-electron chi connectivity index (χ4n) is 1.65. The Balaban J connectivity index is 2.33. The Hall–Kier alpha value is -1.06. The maximum Gasteiger partial charge on any atom is 0.121 e. The summed E-state index contributed by atoms with van der Waals surface area (Å²) in [4.78, 5) is 7.75. The van der Waals surface area contributed by atoms with E-state index in [9.17, 15) is 0 Å². The highest BCUT2D eigenvalue weighted by Gasteiger charge is 2.07. The third kappa shape index (κ3) is 2.36. The summed E-state index contributed by atoms with van der Waals surface area (Å²) in [5.41, 5.74) is 3.00. The summed E-state index contributed by atoms with van der Waals surface area (Å²) in [6.45, 7) is 6.99. The molecule has 16 heavy (non-hydrogen) atoms. The lowest BCUT2D eigenvalue weighted by Gasteiger charge is -2.04. The van der Waals surface area contributed by atoms with Crippen molar-refractivity contribution >= 4 is 22.6 Å². The number of imidazole rings is 1. The number of H-pyrrole nitrogens is 1. The number of nitrogens with one attached hydrogen (secondary N) is 2. The van der Waals surface area contributed by atoms with Gasteiger partial charge in [-0.25, -0.2) is 4.98 Å². The molecule has 1 heterocycles. The standard InChI is InChI=1S/C12H16ClN3/c1-7(2)14-6-11-15-10-5-8(3)4-9(13)12(10)16-11/h4-5,7,14H,6H2,1-3H3,(H,15,16). The molecule has 2 N–H and O–H groups in total. The van der Waals surface area contributed by atoms with Gasteiger partial charge in [-0.15, -0.1) is 0 Å². The number of aromatic amines is 1. The molecule has 0 saturated heterocycles. The highest BCUT2D eigenvalue weighted by Crippen LogP contribution is 2.23. The van der Waals surface area contributed by atoms with Gasteiger partial charge in [-0.05, 0) is 24.6 Å². The third-order valence-corrected chi connectivity index (χ3v) is 2.70. The van der Waals surface area contributed by atoms with Gasteiger partial charge in [-0.2, -0.15) is 0 Å². The minimum atomic E-state index is 0.449. The second-order valence-corrected chi connectivity index (χ2v) is 4.77. The normalized spacial score (nSPS) is 11.6. The molecule has 0 fully saturated rings. The minimum absolute atomic E-state index is 0.449. The lowest BCUT2D eigenvalue weighted by atomic mass is 10.2. The molecule has 3 nitrogen and oxygen atoms in total. The van der Waals surface area contributed by atoms with E-state index in [0.717, 1.165) is 29.0 Å². The zero-order chi connectivity index (χ0) is 11.7. The first-order valence-electron chi connectivity index (χ1n) is 5.44. The van der Waals surface area contributed by atoms with Crippen LogP contribution in [0.2, 0.25) is 5.02 Å². The largest absolute Gasteiger partial charge is 0.341 e. The molecular weight excluding hydrogens is 222 g/mol. The van der Waals surface area contributed by atoms with Crippen molar-refractivity contribution in [1.29, 1.82) is 0 Å². The fraction of sp³-hybridized carbons (Fsp3) is 0.417. The molecule has 0 atom stereocenters. The Morgan fingerprint density at radius 3 is 2.88 bits per heavy atom. The van der Waals surface area contributed by atoms with Crippen molar-refractivity contribution in [2.75, 3.05) is 0 Å². The number of aromatic nitrogens is 2. The Kier molecular flexibility index (Phi) is 3.17.